The minimum atomic E-state index is -1.07. The zero-order valence-electron chi connectivity index (χ0n) is 19.2. The van der Waals surface area contributed by atoms with Crippen LogP contribution in [0.3, 0.4) is 0 Å². The Morgan fingerprint density at radius 2 is 1.49 bits per heavy atom. The second kappa shape index (κ2) is 11.0. The van der Waals surface area contributed by atoms with Crippen molar-refractivity contribution in [3.63, 3.8) is 0 Å². The second-order valence-corrected chi connectivity index (χ2v) is 8.31. The zero-order chi connectivity index (χ0) is 24.9. The molecular formula is C28H23BF4O2. The van der Waals surface area contributed by atoms with E-state index in [1.165, 1.54) is 48.5 Å². The first-order chi connectivity index (χ1) is 16.9. The molecule has 0 N–H and O–H groups in total. The molecule has 1 heterocycles. The van der Waals surface area contributed by atoms with E-state index in [-0.39, 0.29) is 35.2 Å². The summed E-state index contributed by atoms with van der Waals surface area (Å²) < 4.78 is 69.0. The molecular weight excluding hydrogens is 455 g/mol. The van der Waals surface area contributed by atoms with Gasteiger partial charge in [-0.1, -0.05) is 42.4 Å². The van der Waals surface area contributed by atoms with E-state index in [0.717, 1.165) is 6.42 Å². The van der Waals surface area contributed by atoms with Gasteiger partial charge in [0.1, 0.15) is 6.10 Å². The van der Waals surface area contributed by atoms with Gasteiger partial charge in [-0.05, 0) is 61.1 Å². The van der Waals surface area contributed by atoms with E-state index in [1.807, 2.05) is 0 Å². The van der Waals surface area contributed by atoms with Crippen LogP contribution in [0.15, 0.2) is 48.5 Å². The Bertz CT molecular complexity index is 1260. The van der Waals surface area contributed by atoms with Crippen LogP contribution in [0.2, 0.25) is 6.32 Å². The normalized spacial score (nSPS) is 17.5. The molecule has 178 valence electrons. The number of ether oxygens (including phenoxy) is 2. The first kappa shape index (κ1) is 24.9. The van der Waals surface area contributed by atoms with Crippen molar-refractivity contribution in [1.82, 2.24) is 0 Å². The molecule has 1 fully saturated rings. The van der Waals surface area contributed by atoms with Crippen LogP contribution in [0.5, 0.6) is 5.75 Å². The summed E-state index contributed by atoms with van der Waals surface area (Å²) in [5, 5.41) is 0. The van der Waals surface area contributed by atoms with Gasteiger partial charge in [-0.25, -0.2) is 13.2 Å². The van der Waals surface area contributed by atoms with Crippen LogP contribution in [-0.2, 0) is 4.74 Å². The maximum Gasteiger partial charge on any atom is 0.201 e. The van der Waals surface area contributed by atoms with Crippen molar-refractivity contribution in [3.05, 3.63) is 77.4 Å². The lowest BCUT2D eigenvalue weighted by molar-refractivity contribution is 0.0221. The highest BCUT2D eigenvalue weighted by Crippen LogP contribution is 2.32. The van der Waals surface area contributed by atoms with Gasteiger partial charge in [-0.2, -0.15) is 4.39 Å². The summed E-state index contributed by atoms with van der Waals surface area (Å²) in [5.74, 6) is 1.49. The number of halogens is 4. The van der Waals surface area contributed by atoms with Gasteiger partial charge >= 0.3 is 0 Å². The summed E-state index contributed by atoms with van der Waals surface area (Å²) in [6.07, 6.45) is 1.80. The molecule has 0 spiro atoms. The SMILES string of the molecule is [B]CC1CCC(C#Cc2ccc(-c3ccc(-c4ccc(OCC)c(F)c4F)cc3)c(F)c2F)OC1. The predicted molar refractivity (Wildman–Crippen MR) is 128 cm³/mol. The fraction of sp³-hybridized carbons (Fsp3) is 0.286. The lowest BCUT2D eigenvalue weighted by Crippen LogP contribution is -2.24. The molecule has 0 aromatic heterocycles. The third-order valence-corrected chi connectivity index (χ3v) is 6.01. The Balaban J connectivity index is 1.54. The quantitative estimate of drug-likeness (QED) is 0.231. The van der Waals surface area contributed by atoms with Crippen molar-refractivity contribution in [2.75, 3.05) is 13.2 Å². The molecule has 0 saturated carbocycles. The van der Waals surface area contributed by atoms with E-state index in [2.05, 4.69) is 11.8 Å². The Hall–Kier alpha value is -3.24. The highest BCUT2D eigenvalue weighted by atomic mass is 19.2. The molecule has 1 aliphatic heterocycles. The summed E-state index contributed by atoms with van der Waals surface area (Å²) in [6.45, 7) is 2.39. The third-order valence-electron chi connectivity index (χ3n) is 6.01. The van der Waals surface area contributed by atoms with Crippen LogP contribution in [0.4, 0.5) is 17.6 Å². The third kappa shape index (κ3) is 5.38. The van der Waals surface area contributed by atoms with Crippen molar-refractivity contribution < 1.29 is 27.0 Å². The van der Waals surface area contributed by atoms with Crippen molar-refractivity contribution >= 4 is 7.85 Å². The van der Waals surface area contributed by atoms with Crippen molar-refractivity contribution in [2.45, 2.75) is 32.2 Å². The Kier molecular flexibility index (Phi) is 7.82. The average Bonchev–Trinajstić information content (AvgIpc) is 2.88. The molecule has 0 aliphatic carbocycles. The highest BCUT2D eigenvalue weighted by molar-refractivity contribution is 6.08. The van der Waals surface area contributed by atoms with Crippen molar-refractivity contribution in [2.24, 2.45) is 5.92 Å². The van der Waals surface area contributed by atoms with Crippen molar-refractivity contribution in [3.8, 4) is 39.8 Å². The van der Waals surface area contributed by atoms with E-state index in [1.54, 1.807) is 6.92 Å². The molecule has 3 aromatic rings. The van der Waals surface area contributed by atoms with Gasteiger partial charge in [0, 0.05) is 11.1 Å². The molecule has 2 unspecified atom stereocenters. The summed E-state index contributed by atoms with van der Waals surface area (Å²) >= 11 is 0. The number of hydrogen-bond acceptors (Lipinski definition) is 2. The standard InChI is InChI=1S/C28H23BF4O2/c1-2-34-24-14-13-23(27(32)28(24)33)19-6-4-18(5-7-19)22-12-9-20(25(30)26(22)31)8-11-21-10-3-17(15-29)16-35-21/h4-7,9,12-14,17,21H,2-3,10,15-16H2,1H3. The summed E-state index contributed by atoms with van der Waals surface area (Å²) in [5.41, 5.74) is 0.801. The molecule has 1 saturated heterocycles. The molecule has 2 radical (unpaired) electrons. The molecule has 1 aliphatic rings. The fourth-order valence-corrected chi connectivity index (χ4v) is 3.98. The average molecular weight is 478 g/mol. The highest BCUT2D eigenvalue weighted by Gasteiger charge is 2.20. The number of rotatable bonds is 5. The lowest BCUT2D eigenvalue weighted by atomic mass is 9.86. The summed E-state index contributed by atoms with van der Waals surface area (Å²) in [6, 6.07) is 11.7. The maximum absolute atomic E-state index is 14.9. The van der Waals surface area contributed by atoms with E-state index < -0.39 is 23.3 Å². The summed E-state index contributed by atoms with van der Waals surface area (Å²) in [7, 11) is 5.63. The monoisotopic (exact) mass is 478 g/mol. The molecule has 7 heteroatoms. The van der Waals surface area contributed by atoms with E-state index >= 15 is 0 Å². The van der Waals surface area contributed by atoms with E-state index in [9.17, 15) is 17.6 Å². The number of hydrogen-bond donors (Lipinski definition) is 0. The van der Waals surface area contributed by atoms with Crippen LogP contribution in [0, 0.1) is 41.0 Å². The summed E-state index contributed by atoms with van der Waals surface area (Å²) in [4.78, 5) is 0. The molecule has 4 rings (SSSR count). The van der Waals surface area contributed by atoms with Gasteiger partial charge in [-0.15, -0.1) is 0 Å². The Morgan fingerprint density at radius 1 is 0.857 bits per heavy atom. The molecule has 3 aromatic carbocycles. The molecule has 0 amide bonds. The molecule has 35 heavy (non-hydrogen) atoms. The van der Waals surface area contributed by atoms with E-state index in [0.29, 0.717) is 36.4 Å². The van der Waals surface area contributed by atoms with Gasteiger partial charge < -0.3 is 9.47 Å². The zero-order valence-corrected chi connectivity index (χ0v) is 19.2. The Labute approximate surface area is 203 Å². The van der Waals surface area contributed by atoms with Crippen LogP contribution >= 0.6 is 0 Å². The van der Waals surface area contributed by atoms with Crippen LogP contribution in [-0.4, -0.2) is 27.2 Å². The minimum absolute atomic E-state index is 0.0393. The smallest absolute Gasteiger partial charge is 0.201 e. The van der Waals surface area contributed by atoms with Gasteiger partial charge in [0.05, 0.1) is 26.6 Å². The topological polar surface area (TPSA) is 18.5 Å². The van der Waals surface area contributed by atoms with Crippen LogP contribution < -0.4 is 4.74 Å². The first-order valence-electron chi connectivity index (χ1n) is 11.5. The first-order valence-corrected chi connectivity index (χ1v) is 11.5. The second-order valence-electron chi connectivity index (χ2n) is 8.31. The fourth-order valence-electron chi connectivity index (χ4n) is 3.98. The van der Waals surface area contributed by atoms with Gasteiger partial charge in [0.15, 0.2) is 23.2 Å². The minimum Gasteiger partial charge on any atom is -0.491 e. The van der Waals surface area contributed by atoms with Gasteiger partial charge in [-0.3, -0.25) is 0 Å². The largest absolute Gasteiger partial charge is 0.491 e. The van der Waals surface area contributed by atoms with Crippen LogP contribution in [0.1, 0.15) is 25.3 Å². The van der Waals surface area contributed by atoms with Gasteiger partial charge in [0.25, 0.3) is 0 Å². The number of benzene rings is 3. The molecule has 2 atom stereocenters. The molecule has 2 nitrogen and oxygen atoms in total. The van der Waals surface area contributed by atoms with Gasteiger partial charge in [0.2, 0.25) is 5.82 Å². The Morgan fingerprint density at radius 3 is 2.06 bits per heavy atom. The maximum atomic E-state index is 14.9. The van der Waals surface area contributed by atoms with Crippen molar-refractivity contribution in [1.29, 1.82) is 0 Å². The van der Waals surface area contributed by atoms with E-state index in [4.69, 9.17) is 17.3 Å². The predicted octanol–water partition coefficient (Wildman–Crippen LogP) is 6.71. The molecule has 0 bridgehead atoms. The lowest BCUT2D eigenvalue weighted by Gasteiger charge is -2.25. The van der Waals surface area contributed by atoms with Crippen LogP contribution in [0.25, 0.3) is 22.3 Å².